The summed E-state index contributed by atoms with van der Waals surface area (Å²) in [6.45, 7) is 1.37. The van der Waals surface area contributed by atoms with Gasteiger partial charge in [0.2, 0.25) is 5.91 Å². The molecule has 2 amide bonds. The van der Waals surface area contributed by atoms with Crippen LogP contribution in [-0.2, 0) is 4.79 Å². The molecule has 0 bridgehead atoms. The van der Waals surface area contributed by atoms with Gasteiger partial charge in [0.15, 0.2) is 28.4 Å². The molecule has 0 fully saturated rings. The third kappa shape index (κ3) is 9.33. The Balaban J connectivity index is 0.00000729. The highest BCUT2D eigenvalue weighted by molar-refractivity contribution is 6.31. The SMILES string of the molecule is C.NCCNC(=O)CCCCCCN=C(N)NC(=O)c1nc(Cl)c(N)nc1N. The largest absolute Gasteiger partial charge is 0.382 e. The highest BCUT2D eigenvalue weighted by Crippen LogP contribution is 2.17. The van der Waals surface area contributed by atoms with E-state index in [9.17, 15) is 9.59 Å². The first-order chi connectivity index (χ1) is 12.8. The average Bonchev–Trinajstić information content (AvgIpc) is 2.61. The van der Waals surface area contributed by atoms with E-state index >= 15 is 0 Å². The third-order valence-corrected chi connectivity index (χ3v) is 3.70. The summed E-state index contributed by atoms with van der Waals surface area (Å²) >= 11 is 5.73. The summed E-state index contributed by atoms with van der Waals surface area (Å²) in [6, 6.07) is 0. The molecule has 0 saturated heterocycles. The average molecular weight is 416 g/mol. The summed E-state index contributed by atoms with van der Waals surface area (Å²) in [5.41, 5.74) is 21.8. The minimum absolute atomic E-state index is 0. The summed E-state index contributed by atoms with van der Waals surface area (Å²) < 4.78 is 0. The Morgan fingerprint density at radius 2 is 1.75 bits per heavy atom. The number of carbonyl (C=O) groups excluding carboxylic acids is 2. The summed E-state index contributed by atoms with van der Waals surface area (Å²) in [7, 11) is 0. The molecule has 10 N–H and O–H groups in total. The van der Waals surface area contributed by atoms with Crippen LogP contribution in [0.5, 0.6) is 0 Å². The molecular weight excluding hydrogens is 386 g/mol. The molecule has 0 radical (unpaired) electrons. The van der Waals surface area contributed by atoms with Gasteiger partial charge in [0.25, 0.3) is 5.91 Å². The van der Waals surface area contributed by atoms with E-state index in [1.165, 1.54) is 0 Å². The maximum Gasteiger partial charge on any atom is 0.280 e. The Morgan fingerprint density at radius 1 is 1.07 bits per heavy atom. The molecule has 11 nitrogen and oxygen atoms in total. The van der Waals surface area contributed by atoms with Crippen molar-refractivity contribution in [1.29, 1.82) is 0 Å². The number of aromatic nitrogens is 2. The van der Waals surface area contributed by atoms with Crippen molar-refractivity contribution in [2.45, 2.75) is 39.5 Å². The number of rotatable bonds is 10. The van der Waals surface area contributed by atoms with Crippen LogP contribution in [0.25, 0.3) is 0 Å². The van der Waals surface area contributed by atoms with Crippen molar-refractivity contribution >= 4 is 41.0 Å². The van der Waals surface area contributed by atoms with Gasteiger partial charge in [-0.15, -0.1) is 0 Å². The van der Waals surface area contributed by atoms with E-state index in [0.29, 0.717) is 26.1 Å². The Morgan fingerprint density at radius 3 is 2.43 bits per heavy atom. The first-order valence-electron chi connectivity index (χ1n) is 8.51. The van der Waals surface area contributed by atoms with Gasteiger partial charge in [-0.1, -0.05) is 31.9 Å². The molecule has 158 valence electrons. The standard InChI is InChI=1S/C15H26ClN9O2.CH4/c16-11-13(19)24-12(18)10(23-11)14(27)25-15(20)22-7-4-2-1-3-5-9(26)21-8-6-17;/h1-8,17H2,(H,21,26)(H4,18,19,24)(H3,20,22,25,27);1H4. The molecule has 28 heavy (non-hydrogen) atoms. The van der Waals surface area contributed by atoms with Crippen LogP contribution < -0.4 is 33.6 Å². The number of nitrogens with two attached hydrogens (primary N) is 4. The maximum atomic E-state index is 12.1. The van der Waals surface area contributed by atoms with Crippen LogP contribution in [0.15, 0.2) is 4.99 Å². The zero-order valence-corrected chi connectivity index (χ0v) is 15.8. The van der Waals surface area contributed by atoms with Gasteiger partial charge in [0.05, 0.1) is 0 Å². The lowest BCUT2D eigenvalue weighted by molar-refractivity contribution is -0.121. The summed E-state index contributed by atoms with van der Waals surface area (Å²) in [4.78, 5) is 35.0. The van der Waals surface area contributed by atoms with Crippen LogP contribution >= 0.6 is 11.6 Å². The number of anilines is 2. The number of halogens is 1. The van der Waals surface area contributed by atoms with Crippen LogP contribution in [0, 0.1) is 0 Å². The number of nitrogens with zero attached hydrogens (tertiary/aromatic N) is 3. The molecule has 0 unspecified atom stereocenters. The minimum atomic E-state index is -0.674. The van der Waals surface area contributed by atoms with Crippen LogP contribution in [0.1, 0.15) is 50.0 Å². The number of hydrogen-bond donors (Lipinski definition) is 6. The van der Waals surface area contributed by atoms with E-state index in [2.05, 4.69) is 25.6 Å². The predicted octanol–water partition coefficient (Wildman–Crippen LogP) is 0.000400. The zero-order chi connectivity index (χ0) is 20.2. The molecule has 1 aromatic rings. The molecule has 0 spiro atoms. The predicted molar refractivity (Wildman–Crippen MR) is 112 cm³/mol. The number of aliphatic imine (C=N–C) groups is 1. The van der Waals surface area contributed by atoms with Crippen LogP contribution in [0.3, 0.4) is 0 Å². The zero-order valence-electron chi connectivity index (χ0n) is 15.0. The number of hydrogen-bond acceptors (Lipinski definition) is 8. The van der Waals surface area contributed by atoms with E-state index in [1.807, 2.05) is 0 Å². The lowest BCUT2D eigenvalue weighted by Crippen LogP contribution is -2.38. The number of nitrogen functional groups attached to an aromatic ring is 2. The Labute approximate surface area is 169 Å². The first kappa shape index (κ1) is 25.3. The second-order valence-corrected chi connectivity index (χ2v) is 6.02. The van der Waals surface area contributed by atoms with Gasteiger partial charge in [-0.2, -0.15) is 0 Å². The van der Waals surface area contributed by atoms with Gasteiger partial charge in [0, 0.05) is 26.1 Å². The fourth-order valence-electron chi connectivity index (χ4n) is 2.07. The topological polar surface area (TPSA) is 200 Å². The van der Waals surface area contributed by atoms with E-state index in [4.69, 9.17) is 34.5 Å². The molecule has 0 atom stereocenters. The monoisotopic (exact) mass is 415 g/mol. The Bertz CT molecular complexity index is 682. The van der Waals surface area contributed by atoms with Gasteiger partial charge in [-0.05, 0) is 12.8 Å². The van der Waals surface area contributed by atoms with Crippen molar-refractivity contribution in [3.63, 3.8) is 0 Å². The van der Waals surface area contributed by atoms with E-state index in [-0.39, 0.29) is 41.8 Å². The number of carbonyl (C=O) groups is 2. The molecule has 1 aromatic heterocycles. The van der Waals surface area contributed by atoms with Gasteiger partial charge >= 0.3 is 0 Å². The lowest BCUT2D eigenvalue weighted by Gasteiger charge is -2.07. The van der Waals surface area contributed by atoms with E-state index in [0.717, 1.165) is 25.7 Å². The molecule has 1 rings (SSSR count). The number of nitrogens with one attached hydrogen (secondary N) is 2. The van der Waals surface area contributed by atoms with Crippen LogP contribution in [0.4, 0.5) is 11.6 Å². The molecule has 0 aliphatic carbocycles. The molecule has 0 aromatic carbocycles. The summed E-state index contributed by atoms with van der Waals surface area (Å²) in [6.07, 6.45) is 3.83. The lowest BCUT2D eigenvalue weighted by atomic mass is 10.1. The fraction of sp³-hybridized carbons (Fsp3) is 0.562. The Hall–Kier alpha value is -2.66. The number of guanidine groups is 1. The smallest absolute Gasteiger partial charge is 0.280 e. The highest BCUT2D eigenvalue weighted by atomic mass is 35.5. The van der Waals surface area contributed by atoms with E-state index < -0.39 is 5.91 Å². The highest BCUT2D eigenvalue weighted by Gasteiger charge is 2.16. The van der Waals surface area contributed by atoms with Gasteiger partial charge in [-0.25, -0.2) is 9.97 Å². The third-order valence-electron chi connectivity index (χ3n) is 3.42. The summed E-state index contributed by atoms with van der Waals surface area (Å²) in [5.74, 6) is -0.945. The normalized spacial score (nSPS) is 10.9. The molecule has 0 saturated carbocycles. The summed E-state index contributed by atoms with van der Waals surface area (Å²) in [5, 5.41) is 4.96. The van der Waals surface area contributed by atoms with Gasteiger partial charge in [0.1, 0.15) is 0 Å². The molecule has 0 aliphatic rings. The maximum absolute atomic E-state index is 12.1. The molecule has 0 aliphatic heterocycles. The second-order valence-electron chi connectivity index (χ2n) is 5.66. The van der Waals surface area contributed by atoms with Crippen LogP contribution in [-0.4, -0.2) is 47.4 Å². The minimum Gasteiger partial charge on any atom is -0.382 e. The van der Waals surface area contributed by atoms with Crippen molar-refractivity contribution in [2.24, 2.45) is 16.5 Å². The quantitative estimate of drug-likeness (QED) is 0.174. The number of unbranched alkanes of at least 4 members (excludes halogenated alkanes) is 3. The molecule has 12 heteroatoms. The van der Waals surface area contributed by atoms with Gasteiger partial charge < -0.3 is 28.3 Å². The number of amides is 2. The molecular formula is C16H30ClN9O2. The Kier molecular flexibility index (Phi) is 12.2. The van der Waals surface area contributed by atoms with Crippen molar-refractivity contribution in [2.75, 3.05) is 31.1 Å². The van der Waals surface area contributed by atoms with Gasteiger partial charge in [-0.3, -0.25) is 19.9 Å². The second kappa shape index (κ2) is 13.5. The van der Waals surface area contributed by atoms with E-state index in [1.54, 1.807) is 0 Å². The van der Waals surface area contributed by atoms with Crippen molar-refractivity contribution < 1.29 is 9.59 Å². The van der Waals surface area contributed by atoms with Crippen molar-refractivity contribution in [3.05, 3.63) is 10.8 Å². The van der Waals surface area contributed by atoms with Crippen LogP contribution in [0.2, 0.25) is 5.15 Å². The molecule has 1 heterocycles. The van der Waals surface area contributed by atoms with Crippen molar-refractivity contribution in [3.8, 4) is 0 Å². The first-order valence-corrected chi connectivity index (χ1v) is 8.89. The van der Waals surface area contributed by atoms with Crippen molar-refractivity contribution in [1.82, 2.24) is 20.6 Å². The fourth-order valence-corrected chi connectivity index (χ4v) is 2.20.